The quantitative estimate of drug-likeness (QED) is 0.624. The highest BCUT2D eigenvalue weighted by molar-refractivity contribution is 9.11. The zero-order valence-corrected chi connectivity index (χ0v) is 12.1. The Balaban J connectivity index is 2.26. The summed E-state index contributed by atoms with van der Waals surface area (Å²) in [5.41, 5.74) is 2.11. The Morgan fingerprint density at radius 3 is 2.47 bits per heavy atom. The molecule has 15 heavy (non-hydrogen) atoms. The van der Waals surface area contributed by atoms with Gasteiger partial charge in [-0.25, -0.2) is 0 Å². The highest BCUT2D eigenvalue weighted by Gasteiger charge is 2.02. The monoisotopic (exact) mass is 338 g/mol. The molecule has 2 aromatic rings. The molecule has 0 amide bonds. The van der Waals surface area contributed by atoms with E-state index in [-0.39, 0.29) is 0 Å². The first-order chi connectivity index (χ1) is 7.16. The van der Waals surface area contributed by atoms with Crippen LogP contribution in [0.15, 0.2) is 21.3 Å². The summed E-state index contributed by atoms with van der Waals surface area (Å²) in [7, 11) is 0. The number of hydrogen-bond acceptors (Lipinski definition) is 2. The first-order valence-electron chi connectivity index (χ1n) is 4.03. The Hall–Kier alpha value is 0.200. The lowest BCUT2D eigenvalue weighted by atomic mass is 10.2. The maximum absolute atomic E-state index is 6.00. The Morgan fingerprint density at radius 2 is 1.93 bits per heavy atom. The van der Waals surface area contributed by atoms with E-state index in [1.54, 1.807) is 11.3 Å². The van der Waals surface area contributed by atoms with Crippen LogP contribution in [0.1, 0.15) is 11.1 Å². The molecule has 2 aromatic heterocycles. The fourth-order valence-electron chi connectivity index (χ4n) is 1.07. The third kappa shape index (κ3) is 2.86. The van der Waals surface area contributed by atoms with Crippen LogP contribution in [0.25, 0.3) is 12.2 Å². The molecule has 0 aliphatic rings. The van der Waals surface area contributed by atoms with Crippen LogP contribution in [0.5, 0.6) is 0 Å². The van der Waals surface area contributed by atoms with E-state index in [0.29, 0.717) is 4.34 Å². The molecule has 78 valence electrons. The second-order valence-electron chi connectivity index (χ2n) is 2.76. The van der Waals surface area contributed by atoms with E-state index in [0.717, 1.165) is 19.2 Å². The van der Waals surface area contributed by atoms with Crippen LogP contribution in [-0.2, 0) is 0 Å². The van der Waals surface area contributed by atoms with Crippen molar-refractivity contribution in [3.05, 3.63) is 41.1 Å². The van der Waals surface area contributed by atoms with Crippen LogP contribution in [-0.4, -0.2) is 0 Å². The van der Waals surface area contributed by atoms with E-state index < -0.39 is 0 Å². The molecule has 5 heteroatoms. The molecule has 0 N–H and O–H groups in total. The molecule has 0 radical (unpaired) electrons. The van der Waals surface area contributed by atoms with Gasteiger partial charge in [-0.3, -0.25) is 0 Å². The van der Waals surface area contributed by atoms with E-state index in [1.165, 1.54) is 11.3 Å². The lowest BCUT2D eigenvalue weighted by molar-refractivity contribution is 1.82. The van der Waals surface area contributed by atoms with Gasteiger partial charge in [-0.05, 0) is 39.0 Å². The average molecular weight is 340 g/mol. The van der Waals surface area contributed by atoms with E-state index in [2.05, 4.69) is 15.9 Å². The summed E-state index contributed by atoms with van der Waals surface area (Å²) in [6.07, 6.45) is 3.99. The van der Waals surface area contributed by atoms with Crippen LogP contribution < -0.4 is 0 Å². The maximum atomic E-state index is 6.00. The summed E-state index contributed by atoms with van der Waals surface area (Å²) >= 11 is 18.4. The molecule has 0 saturated heterocycles. The minimum absolute atomic E-state index is 0.712. The van der Waals surface area contributed by atoms with Gasteiger partial charge >= 0.3 is 0 Å². The fraction of sp³-hybridized carbons (Fsp3) is 0. The van der Waals surface area contributed by atoms with Crippen molar-refractivity contribution in [3.8, 4) is 0 Å². The van der Waals surface area contributed by atoms with Gasteiger partial charge in [-0.2, -0.15) is 0 Å². The fourth-order valence-corrected chi connectivity index (χ4v) is 3.70. The molecule has 0 fully saturated rings. The van der Waals surface area contributed by atoms with Crippen molar-refractivity contribution in [2.75, 3.05) is 0 Å². The Labute approximate surface area is 114 Å². The predicted molar refractivity (Wildman–Crippen MR) is 75.3 cm³/mol. The molecule has 0 unspecified atom stereocenters. The van der Waals surface area contributed by atoms with E-state index in [9.17, 15) is 0 Å². The summed E-state index contributed by atoms with van der Waals surface area (Å²) in [5, 5.41) is 2.03. The van der Waals surface area contributed by atoms with Gasteiger partial charge in [0.15, 0.2) is 0 Å². The van der Waals surface area contributed by atoms with Crippen molar-refractivity contribution in [1.82, 2.24) is 0 Å². The second kappa shape index (κ2) is 5.02. The summed E-state index contributed by atoms with van der Waals surface area (Å²) in [6, 6.07) is 3.92. The van der Waals surface area contributed by atoms with Crippen LogP contribution >= 0.6 is 61.8 Å². The Kier molecular flexibility index (Phi) is 3.91. The third-order valence-electron chi connectivity index (χ3n) is 1.77. The number of halogens is 3. The maximum Gasteiger partial charge on any atom is 0.102 e. The summed E-state index contributed by atoms with van der Waals surface area (Å²) in [4.78, 5) is 0. The SMILES string of the molecule is Clc1cc(C=Cc2ccsc2Br)c(Cl)s1. The third-order valence-corrected chi connectivity index (χ3v) is 5.02. The summed E-state index contributed by atoms with van der Waals surface area (Å²) < 4.78 is 2.56. The highest BCUT2D eigenvalue weighted by atomic mass is 79.9. The minimum Gasteiger partial charge on any atom is -0.136 e. The summed E-state index contributed by atoms with van der Waals surface area (Å²) in [6.45, 7) is 0. The van der Waals surface area contributed by atoms with Crippen LogP contribution in [0, 0.1) is 0 Å². The molecule has 0 atom stereocenters. The van der Waals surface area contributed by atoms with Gasteiger partial charge in [-0.15, -0.1) is 22.7 Å². The molecule has 0 bridgehead atoms. The lowest BCUT2D eigenvalue weighted by Gasteiger charge is -1.88. The molecular formula is C10H5BrCl2S2. The van der Waals surface area contributed by atoms with E-state index in [4.69, 9.17) is 23.2 Å². The number of hydrogen-bond donors (Lipinski definition) is 0. The van der Waals surface area contributed by atoms with Gasteiger partial charge in [-0.1, -0.05) is 35.4 Å². The molecule has 0 spiro atoms. The van der Waals surface area contributed by atoms with Crippen molar-refractivity contribution < 1.29 is 0 Å². The van der Waals surface area contributed by atoms with Gasteiger partial charge in [0.05, 0.1) is 8.12 Å². The van der Waals surface area contributed by atoms with E-state index in [1.807, 2.05) is 29.7 Å². The van der Waals surface area contributed by atoms with Crippen molar-refractivity contribution in [2.45, 2.75) is 0 Å². The molecule has 0 aliphatic heterocycles. The largest absolute Gasteiger partial charge is 0.136 e. The van der Waals surface area contributed by atoms with Gasteiger partial charge in [0, 0.05) is 5.56 Å². The Bertz CT molecular complexity index is 499. The van der Waals surface area contributed by atoms with Crippen molar-refractivity contribution >= 4 is 74.0 Å². The zero-order valence-electron chi connectivity index (χ0n) is 7.34. The topological polar surface area (TPSA) is 0 Å². The van der Waals surface area contributed by atoms with Crippen molar-refractivity contribution in [2.24, 2.45) is 0 Å². The van der Waals surface area contributed by atoms with E-state index >= 15 is 0 Å². The average Bonchev–Trinajstić information content (AvgIpc) is 2.70. The van der Waals surface area contributed by atoms with Gasteiger partial charge < -0.3 is 0 Å². The molecular weight excluding hydrogens is 335 g/mol. The smallest absolute Gasteiger partial charge is 0.102 e. The molecule has 0 saturated carbocycles. The number of rotatable bonds is 2. The Morgan fingerprint density at radius 1 is 1.20 bits per heavy atom. The second-order valence-corrected chi connectivity index (χ2v) is 7.28. The first-order valence-corrected chi connectivity index (χ1v) is 7.27. The standard InChI is InChI=1S/C10H5BrCl2S2/c11-9-6(3-4-14-9)1-2-7-5-8(12)15-10(7)13/h1-5H. The zero-order chi connectivity index (χ0) is 10.8. The van der Waals surface area contributed by atoms with Crippen molar-refractivity contribution in [3.63, 3.8) is 0 Å². The molecule has 2 heterocycles. The number of thiophene rings is 2. The van der Waals surface area contributed by atoms with Crippen molar-refractivity contribution in [1.29, 1.82) is 0 Å². The molecule has 2 rings (SSSR count). The van der Waals surface area contributed by atoms with Gasteiger partial charge in [0.1, 0.15) is 4.34 Å². The molecule has 0 nitrogen and oxygen atoms in total. The first kappa shape index (κ1) is 11.7. The van der Waals surface area contributed by atoms with Gasteiger partial charge in [0.25, 0.3) is 0 Å². The van der Waals surface area contributed by atoms with Crippen LogP contribution in [0.2, 0.25) is 8.67 Å². The van der Waals surface area contributed by atoms with Crippen LogP contribution in [0.3, 0.4) is 0 Å². The summed E-state index contributed by atoms with van der Waals surface area (Å²) in [5.74, 6) is 0. The highest BCUT2D eigenvalue weighted by Crippen LogP contribution is 2.33. The predicted octanol–water partition coefficient (Wildman–Crippen LogP) is 6.05. The minimum atomic E-state index is 0.712. The van der Waals surface area contributed by atoms with Crippen LogP contribution in [0.4, 0.5) is 0 Å². The molecule has 0 aromatic carbocycles. The normalized spacial score (nSPS) is 11.4. The lowest BCUT2D eigenvalue weighted by Crippen LogP contribution is -1.65. The molecule has 0 aliphatic carbocycles. The van der Waals surface area contributed by atoms with Gasteiger partial charge in [0.2, 0.25) is 0 Å².